The lowest BCUT2D eigenvalue weighted by Gasteiger charge is -2.19. The number of hydrogen-bond donors (Lipinski definition) is 0. The number of rotatable bonds is 4. The number of ether oxygens (including phenoxy) is 2. The predicted octanol–water partition coefficient (Wildman–Crippen LogP) is 1.22. The average molecular weight is 227 g/mol. The fraction of sp³-hybridized carbons (Fsp3) is 0.750. The molecule has 0 saturated carbocycles. The lowest BCUT2D eigenvalue weighted by Crippen LogP contribution is -2.30. The third-order valence-corrected chi connectivity index (χ3v) is 2.44. The molecule has 1 rings (SSSR count). The Kier molecular flexibility index (Phi) is 6.11. The summed E-state index contributed by atoms with van der Waals surface area (Å²) in [4.78, 5) is 13.3. The summed E-state index contributed by atoms with van der Waals surface area (Å²) in [7, 11) is 0. The molecule has 1 fully saturated rings. The number of carbonyl (C=O) groups excluding carboxylic acids is 1. The molecule has 92 valence electrons. The molecule has 1 aliphatic heterocycles. The summed E-state index contributed by atoms with van der Waals surface area (Å²) in [5.41, 5.74) is 0. The van der Waals surface area contributed by atoms with Crippen molar-refractivity contribution in [3.05, 3.63) is 12.2 Å². The van der Waals surface area contributed by atoms with E-state index in [1.54, 1.807) is 6.92 Å². The molecule has 0 radical (unpaired) electrons. The minimum Gasteiger partial charge on any atom is -0.463 e. The third kappa shape index (κ3) is 5.28. The molecule has 0 aliphatic carbocycles. The molecule has 4 heteroatoms. The normalized spacial score (nSPS) is 23.2. The van der Waals surface area contributed by atoms with Crippen LogP contribution in [0.3, 0.4) is 0 Å². The largest absolute Gasteiger partial charge is 0.463 e. The van der Waals surface area contributed by atoms with Crippen molar-refractivity contribution >= 4 is 5.97 Å². The molecule has 1 saturated heterocycles. The van der Waals surface area contributed by atoms with E-state index < -0.39 is 0 Å². The van der Waals surface area contributed by atoms with E-state index in [0.717, 1.165) is 32.7 Å². The van der Waals surface area contributed by atoms with Crippen LogP contribution in [-0.2, 0) is 14.3 Å². The van der Waals surface area contributed by atoms with Gasteiger partial charge in [-0.25, -0.2) is 4.79 Å². The van der Waals surface area contributed by atoms with Crippen LogP contribution in [0, 0.1) is 0 Å². The maximum Gasteiger partial charge on any atom is 0.330 e. The molecular weight excluding hydrogens is 206 g/mol. The van der Waals surface area contributed by atoms with Crippen molar-refractivity contribution in [3.8, 4) is 0 Å². The Hall–Kier alpha value is -0.870. The molecule has 0 aromatic carbocycles. The maximum absolute atomic E-state index is 11.1. The first kappa shape index (κ1) is 13.2. The summed E-state index contributed by atoms with van der Waals surface area (Å²) >= 11 is 0. The summed E-state index contributed by atoms with van der Waals surface area (Å²) in [6.45, 7) is 7.88. The minimum atomic E-state index is -0.262. The van der Waals surface area contributed by atoms with Gasteiger partial charge in [0.1, 0.15) is 0 Å². The molecule has 0 aromatic rings. The molecule has 1 unspecified atom stereocenters. The molecule has 0 spiro atoms. The minimum absolute atomic E-state index is 0.262. The van der Waals surface area contributed by atoms with Gasteiger partial charge < -0.3 is 9.47 Å². The van der Waals surface area contributed by atoms with Crippen molar-refractivity contribution < 1.29 is 14.3 Å². The molecule has 0 amide bonds. The Bertz CT molecular complexity index is 240. The summed E-state index contributed by atoms with van der Waals surface area (Å²) in [6.07, 6.45) is 4.69. The molecule has 1 aliphatic rings. The van der Waals surface area contributed by atoms with Gasteiger partial charge in [0.2, 0.25) is 0 Å². The lowest BCUT2D eigenvalue weighted by molar-refractivity contribution is -0.137. The van der Waals surface area contributed by atoms with Crippen LogP contribution in [0.1, 0.15) is 20.3 Å². The van der Waals surface area contributed by atoms with E-state index in [-0.39, 0.29) is 12.1 Å². The molecule has 0 aromatic heterocycles. The second-order valence-electron chi connectivity index (χ2n) is 3.95. The van der Waals surface area contributed by atoms with Crippen molar-refractivity contribution in [1.29, 1.82) is 0 Å². The fourth-order valence-corrected chi connectivity index (χ4v) is 1.73. The highest BCUT2D eigenvalue weighted by atomic mass is 16.5. The third-order valence-electron chi connectivity index (χ3n) is 2.44. The topological polar surface area (TPSA) is 38.8 Å². The zero-order valence-electron chi connectivity index (χ0n) is 10.1. The van der Waals surface area contributed by atoms with Gasteiger partial charge in [0.05, 0.1) is 12.7 Å². The van der Waals surface area contributed by atoms with Gasteiger partial charge in [0.15, 0.2) is 0 Å². The monoisotopic (exact) mass is 227 g/mol. The Morgan fingerprint density at radius 2 is 2.44 bits per heavy atom. The van der Waals surface area contributed by atoms with E-state index >= 15 is 0 Å². The number of esters is 1. The zero-order valence-corrected chi connectivity index (χ0v) is 10.1. The van der Waals surface area contributed by atoms with Crippen LogP contribution in [0.4, 0.5) is 0 Å². The number of hydrogen-bond acceptors (Lipinski definition) is 4. The van der Waals surface area contributed by atoms with Gasteiger partial charge in [-0.05, 0) is 20.3 Å². The van der Waals surface area contributed by atoms with Crippen LogP contribution < -0.4 is 0 Å². The highest BCUT2D eigenvalue weighted by Crippen LogP contribution is 2.04. The average Bonchev–Trinajstić information content (AvgIpc) is 2.43. The number of nitrogens with zero attached hydrogens (tertiary/aromatic N) is 1. The van der Waals surface area contributed by atoms with Gasteiger partial charge in [-0.15, -0.1) is 0 Å². The summed E-state index contributed by atoms with van der Waals surface area (Å²) in [5, 5.41) is 0. The van der Waals surface area contributed by atoms with Gasteiger partial charge in [0, 0.05) is 32.3 Å². The van der Waals surface area contributed by atoms with Crippen LogP contribution in [-0.4, -0.2) is 49.8 Å². The Morgan fingerprint density at radius 1 is 1.62 bits per heavy atom. The highest BCUT2D eigenvalue weighted by molar-refractivity contribution is 5.81. The van der Waals surface area contributed by atoms with Crippen molar-refractivity contribution in [1.82, 2.24) is 4.90 Å². The van der Waals surface area contributed by atoms with Gasteiger partial charge in [-0.3, -0.25) is 4.90 Å². The van der Waals surface area contributed by atoms with Crippen LogP contribution in [0.5, 0.6) is 0 Å². The maximum atomic E-state index is 11.1. The molecule has 0 bridgehead atoms. The van der Waals surface area contributed by atoms with Crippen LogP contribution in [0.25, 0.3) is 0 Å². The Morgan fingerprint density at radius 3 is 3.19 bits per heavy atom. The van der Waals surface area contributed by atoms with E-state index in [1.807, 2.05) is 6.08 Å². The molecule has 1 heterocycles. The van der Waals surface area contributed by atoms with Crippen LogP contribution in [0.2, 0.25) is 0 Å². The van der Waals surface area contributed by atoms with Crippen LogP contribution >= 0.6 is 0 Å². The first-order valence-electron chi connectivity index (χ1n) is 5.89. The summed E-state index contributed by atoms with van der Waals surface area (Å²) in [5.74, 6) is -0.262. The van der Waals surface area contributed by atoms with Crippen molar-refractivity contribution in [2.24, 2.45) is 0 Å². The molecule has 0 N–H and O–H groups in total. The smallest absolute Gasteiger partial charge is 0.330 e. The molecular formula is C12H21NO3. The zero-order chi connectivity index (χ0) is 11.8. The van der Waals surface area contributed by atoms with Gasteiger partial charge in [0.25, 0.3) is 0 Å². The van der Waals surface area contributed by atoms with E-state index in [0.29, 0.717) is 6.61 Å². The van der Waals surface area contributed by atoms with Crippen molar-refractivity contribution in [2.45, 2.75) is 26.4 Å². The van der Waals surface area contributed by atoms with Crippen molar-refractivity contribution in [3.63, 3.8) is 0 Å². The van der Waals surface area contributed by atoms with Gasteiger partial charge in [-0.1, -0.05) is 6.08 Å². The van der Waals surface area contributed by atoms with E-state index in [1.165, 1.54) is 6.08 Å². The van der Waals surface area contributed by atoms with Gasteiger partial charge >= 0.3 is 5.97 Å². The molecule has 1 atom stereocenters. The van der Waals surface area contributed by atoms with Crippen molar-refractivity contribution in [2.75, 3.05) is 32.8 Å². The lowest BCUT2D eigenvalue weighted by atomic mass is 10.3. The van der Waals surface area contributed by atoms with Gasteiger partial charge in [-0.2, -0.15) is 0 Å². The first-order valence-corrected chi connectivity index (χ1v) is 5.89. The van der Waals surface area contributed by atoms with E-state index in [2.05, 4.69) is 11.8 Å². The highest BCUT2D eigenvalue weighted by Gasteiger charge is 2.13. The van der Waals surface area contributed by atoms with Crippen LogP contribution in [0.15, 0.2) is 12.2 Å². The Balaban J connectivity index is 2.27. The summed E-state index contributed by atoms with van der Waals surface area (Å²) in [6, 6.07) is 0. The first-order chi connectivity index (χ1) is 7.72. The van der Waals surface area contributed by atoms with E-state index in [9.17, 15) is 4.79 Å². The Labute approximate surface area is 97.2 Å². The second kappa shape index (κ2) is 7.41. The molecule has 16 heavy (non-hydrogen) atoms. The summed E-state index contributed by atoms with van der Waals surface area (Å²) < 4.78 is 10.3. The SMILES string of the molecule is CCOC(=O)/C=C/CN1CCCOC(C)C1. The standard InChI is InChI=1S/C12H21NO3/c1-3-15-12(14)6-4-7-13-8-5-9-16-11(2)10-13/h4,6,11H,3,5,7-10H2,1-2H3/b6-4+. The van der Waals surface area contributed by atoms with E-state index in [4.69, 9.17) is 9.47 Å². The number of carbonyl (C=O) groups is 1. The fourth-order valence-electron chi connectivity index (χ4n) is 1.73. The predicted molar refractivity (Wildman–Crippen MR) is 62.2 cm³/mol. The molecule has 4 nitrogen and oxygen atoms in total. The second-order valence-corrected chi connectivity index (χ2v) is 3.95. The quantitative estimate of drug-likeness (QED) is 0.534.